The number of carbonyl (C=O) groups excluding carboxylic acids is 2. The van der Waals surface area contributed by atoms with Gasteiger partial charge in [-0.25, -0.2) is 4.39 Å². The zero-order chi connectivity index (χ0) is 29.0. The molecule has 9 nitrogen and oxygen atoms in total. The number of carbonyl (C=O) groups is 2. The molecule has 7 aliphatic rings. The van der Waals surface area contributed by atoms with Crippen molar-refractivity contribution in [3.05, 3.63) is 0 Å². The number of halogens is 1. The number of hydrogen-bond acceptors (Lipinski definition) is 7. The van der Waals surface area contributed by atoms with Gasteiger partial charge in [0.1, 0.15) is 12.8 Å². The lowest BCUT2D eigenvalue weighted by Crippen LogP contribution is -2.70. The monoisotopic (exact) mass is 590 g/mol. The highest BCUT2D eigenvalue weighted by Crippen LogP contribution is 2.54. The molecule has 10 heteroatoms. The maximum atomic E-state index is 14.2. The maximum absolute atomic E-state index is 14.2. The SMILES string of the molecule is COC1CCC2C3NCCC4C5CC(OCC(=O)N6CCN(C7CCC(F)CC7)CC6)CCC5N(C(=O)C2C1OC)C43. The number of ether oxygens (including phenoxy) is 3. The molecule has 3 saturated carbocycles. The molecule has 42 heavy (non-hydrogen) atoms. The fourth-order valence-corrected chi connectivity index (χ4v) is 10.5. The number of amides is 2. The molecule has 3 aliphatic carbocycles. The first-order valence-electron chi connectivity index (χ1n) is 16.9. The second-order valence-electron chi connectivity index (χ2n) is 14.2. The normalized spacial score (nSPS) is 45.7. The van der Waals surface area contributed by atoms with Gasteiger partial charge >= 0.3 is 0 Å². The van der Waals surface area contributed by atoms with Crippen molar-refractivity contribution in [3.63, 3.8) is 0 Å². The number of methoxy groups -OCH3 is 2. The summed E-state index contributed by atoms with van der Waals surface area (Å²) in [7, 11) is 3.46. The van der Waals surface area contributed by atoms with Crippen LogP contribution >= 0.6 is 0 Å². The summed E-state index contributed by atoms with van der Waals surface area (Å²) in [5, 5.41) is 3.85. The lowest BCUT2D eigenvalue weighted by molar-refractivity contribution is -0.175. The summed E-state index contributed by atoms with van der Waals surface area (Å²) in [6, 6.07) is 1.31. The van der Waals surface area contributed by atoms with E-state index in [1.807, 2.05) is 4.90 Å². The van der Waals surface area contributed by atoms with Crippen molar-refractivity contribution in [2.75, 3.05) is 53.6 Å². The summed E-state index contributed by atoms with van der Waals surface area (Å²) < 4.78 is 31.6. The summed E-state index contributed by atoms with van der Waals surface area (Å²) in [6.45, 7) is 4.36. The van der Waals surface area contributed by atoms with Crippen molar-refractivity contribution < 1.29 is 28.2 Å². The molecule has 2 amide bonds. The van der Waals surface area contributed by atoms with Crippen LogP contribution in [-0.4, -0.2) is 129 Å². The topological polar surface area (TPSA) is 83.6 Å². The Hall–Kier alpha value is -1.33. The van der Waals surface area contributed by atoms with Gasteiger partial charge in [0, 0.05) is 58.5 Å². The Morgan fingerprint density at radius 2 is 1.69 bits per heavy atom. The van der Waals surface area contributed by atoms with Crippen LogP contribution in [0.15, 0.2) is 0 Å². The van der Waals surface area contributed by atoms with Crippen molar-refractivity contribution in [1.29, 1.82) is 0 Å². The Kier molecular flexibility index (Phi) is 8.55. The van der Waals surface area contributed by atoms with Crippen molar-refractivity contribution in [2.24, 2.45) is 23.7 Å². The number of hydrogen-bond donors (Lipinski definition) is 1. The van der Waals surface area contributed by atoms with E-state index < -0.39 is 6.17 Å². The first kappa shape index (κ1) is 29.4. The summed E-state index contributed by atoms with van der Waals surface area (Å²) in [5.74, 6) is 1.44. The van der Waals surface area contributed by atoms with Crippen LogP contribution in [0.3, 0.4) is 0 Å². The van der Waals surface area contributed by atoms with Crippen molar-refractivity contribution >= 4 is 11.8 Å². The first-order valence-corrected chi connectivity index (χ1v) is 16.9. The van der Waals surface area contributed by atoms with Crippen molar-refractivity contribution in [3.8, 4) is 0 Å². The van der Waals surface area contributed by atoms with Gasteiger partial charge in [0.25, 0.3) is 0 Å². The molecule has 4 aliphatic heterocycles. The van der Waals surface area contributed by atoms with Gasteiger partial charge in [0.15, 0.2) is 0 Å². The van der Waals surface area contributed by atoms with Gasteiger partial charge < -0.3 is 29.3 Å². The minimum absolute atomic E-state index is 0.0319. The standard InChI is InChI=1S/C32H51FN4O5/c1-40-26-10-8-23-28(31(26)41-2)32(39)37-25-9-7-21(17-24(25)22-11-12-34-29(23)30(22)37)42-18-27(38)36-15-13-35(14-16-36)20-5-3-19(33)4-6-20/h19-26,28-31,34H,3-18H2,1-2H3. The predicted octanol–water partition coefficient (Wildman–Crippen LogP) is 2.22. The maximum Gasteiger partial charge on any atom is 0.248 e. The smallest absolute Gasteiger partial charge is 0.248 e. The van der Waals surface area contributed by atoms with Crippen LogP contribution < -0.4 is 5.32 Å². The molecule has 0 radical (unpaired) electrons. The lowest BCUT2D eigenvalue weighted by Gasteiger charge is -2.55. The zero-order valence-electron chi connectivity index (χ0n) is 25.5. The van der Waals surface area contributed by atoms with Crippen molar-refractivity contribution in [2.45, 2.75) is 113 Å². The molecule has 0 aromatic rings. The number of nitrogens with one attached hydrogen (secondary N) is 1. The van der Waals surface area contributed by atoms with Gasteiger partial charge in [-0.15, -0.1) is 0 Å². The fraction of sp³-hybridized carbons (Fsp3) is 0.938. The second kappa shape index (κ2) is 12.2. The van der Waals surface area contributed by atoms with E-state index >= 15 is 0 Å². The molecule has 236 valence electrons. The molecule has 7 rings (SSSR count). The number of piperazine rings is 1. The predicted molar refractivity (Wildman–Crippen MR) is 155 cm³/mol. The molecule has 1 N–H and O–H groups in total. The van der Waals surface area contributed by atoms with E-state index in [9.17, 15) is 14.0 Å². The van der Waals surface area contributed by atoms with Gasteiger partial charge in [-0.2, -0.15) is 0 Å². The highest BCUT2D eigenvalue weighted by Gasteiger charge is 2.64. The second-order valence-corrected chi connectivity index (χ2v) is 14.2. The molecular formula is C32H51FN4O5. The molecular weight excluding hydrogens is 539 g/mol. The van der Waals surface area contributed by atoms with Gasteiger partial charge in [0.05, 0.1) is 30.3 Å². The van der Waals surface area contributed by atoms with E-state index in [4.69, 9.17) is 14.2 Å². The number of nitrogens with zero attached hydrogens (tertiary/aromatic N) is 3. The van der Waals surface area contributed by atoms with Crippen LogP contribution in [0.2, 0.25) is 0 Å². The number of fused-ring (bicyclic) bond motifs is 5. The minimum atomic E-state index is -0.630. The van der Waals surface area contributed by atoms with Crippen LogP contribution in [-0.2, 0) is 23.8 Å². The zero-order valence-corrected chi connectivity index (χ0v) is 25.5. The molecule has 4 heterocycles. The Bertz CT molecular complexity index is 988. The number of piperidine rings is 2. The first-order chi connectivity index (χ1) is 20.5. The molecule has 0 bridgehead atoms. The Balaban J connectivity index is 0.956. The fourth-order valence-electron chi connectivity index (χ4n) is 10.5. The minimum Gasteiger partial charge on any atom is -0.379 e. The van der Waals surface area contributed by atoms with Gasteiger partial charge in [-0.3, -0.25) is 14.5 Å². The van der Waals surface area contributed by atoms with Gasteiger partial charge in [-0.1, -0.05) is 0 Å². The summed E-state index contributed by atoms with van der Waals surface area (Å²) in [5.41, 5.74) is 0. The average Bonchev–Trinajstić information content (AvgIpc) is 3.37. The summed E-state index contributed by atoms with van der Waals surface area (Å²) >= 11 is 0. The van der Waals surface area contributed by atoms with Crippen molar-refractivity contribution in [1.82, 2.24) is 20.0 Å². The Labute approximate surface area is 250 Å². The van der Waals surface area contributed by atoms with Crippen LogP contribution in [0.1, 0.15) is 64.2 Å². The van der Waals surface area contributed by atoms with Crippen LogP contribution in [0.25, 0.3) is 0 Å². The van der Waals surface area contributed by atoms with Crippen LogP contribution in [0.4, 0.5) is 4.39 Å². The number of alkyl halides is 1. The molecule has 10 atom stereocenters. The molecule has 0 aromatic heterocycles. The Morgan fingerprint density at radius 3 is 2.43 bits per heavy atom. The highest BCUT2D eigenvalue weighted by molar-refractivity contribution is 5.83. The lowest BCUT2D eigenvalue weighted by atomic mass is 9.64. The molecule has 0 aromatic carbocycles. The Morgan fingerprint density at radius 1 is 0.905 bits per heavy atom. The van der Waals surface area contributed by atoms with Gasteiger partial charge in [-0.05, 0) is 88.5 Å². The van der Waals surface area contributed by atoms with E-state index in [1.165, 1.54) is 0 Å². The summed E-state index contributed by atoms with van der Waals surface area (Å²) in [4.78, 5) is 34.1. The van der Waals surface area contributed by atoms with Crippen LogP contribution in [0.5, 0.6) is 0 Å². The molecule has 7 fully saturated rings. The third kappa shape index (κ3) is 5.11. The average molecular weight is 591 g/mol. The van der Waals surface area contributed by atoms with Crippen LogP contribution in [0, 0.1) is 23.7 Å². The third-order valence-electron chi connectivity index (χ3n) is 12.5. The van der Waals surface area contributed by atoms with E-state index in [0.29, 0.717) is 42.7 Å². The summed E-state index contributed by atoms with van der Waals surface area (Å²) in [6.07, 6.45) is 8.24. The molecule has 0 spiro atoms. The molecule has 10 unspecified atom stereocenters. The largest absolute Gasteiger partial charge is 0.379 e. The highest BCUT2D eigenvalue weighted by atomic mass is 19.1. The van der Waals surface area contributed by atoms with E-state index in [1.54, 1.807) is 14.2 Å². The molecule has 4 saturated heterocycles. The van der Waals surface area contributed by atoms with E-state index in [2.05, 4.69) is 15.1 Å². The van der Waals surface area contributed by atoms with E-state index in [-0.39, 0.29) is 54.7 Å². The quantitative estimate of drug-likeness (QED) is 0.508. The van der Waals surface area contributed by atoms with E-state index in [0.717, 1.165) is 84.1 Å². The third-order valence-corrected chi connectivity index (χ3v) is 12.5. The number of rotatable bonds is 6. The van der Waals surface area contributed by atoms with Gasteiger partial charge in [0.2, 0.25) is 11.8 Å².